The molecule has 0 aromatic heterocycles. The number of halogens is 3. The zero-order chi connectivity index (χ0) is 13.8. The number of nitrogens with two attached hydrogens (primary N) is 1. The zero-order valence-electron chi connectivity index (χ0n) is 11.0. The molecule has 1 heterocycles. The van der Waals surface area contributed by atoms with Crippen molar-refractivity contribution >= 4 is 0 Å². The Hall–Kier alpha value is -0.370. The minimum atomic E-state index is -4.12. The first kappa shape index (κ1) is 15.7. The second-order valence-corrected chi connectivity index (χ2v) is 5.01. The third-order valence-corrected chi connectivity index (χ3v) is 3.43. The molecule has 0 amide bonds. The average Bonchev–Trinajstić information content (AvgIpc) is 2.28. The second kappa shape index (κ2) is 6.18. The molecule has 0 aromatic carbocycles. The number of alkyl halides is 3. The van der Waals surface area contributed by atoms with Crippen LogP contribution in [0.5, 0.6) is 0 Å². The highest BCUT2D eigenvalue weighted by Gasteiger charge is 2.36. The van der Waals surface area contributed by atoms with E-state index in [2.05, 4.69) is 4.90 Å². The molecule has 0 aromatic rings. The lowest BCUT2D eigenvalue weighted by molar-refractivity contribution is -0.151. The van der Waals surface area contributed by atoms with Crippen LogP contribution in [0, 0.1) is 0 Å². The normalized spacial score (nSPS) is 23.0. The van der Waals surface area contributed by atoms with Gasteiger partial charge >= 0.3 is 6.18 Å². The van der Waals surface area contributed by atoms with Crippen LogP contribution in [0.25, 0.3) is 0 Å². The third kappa shape index (κ3) is 4.38. The highest BCUT2D eigenvalue weighted by atomic mass is 19.4. The number of piperazine rings is 1. The monoisotopic (exact) mass is 269 g/mol. The van der Waals surface area contributed by atoms with E-state index in [1.54, 1.807) is 7.11 Å². The number of nitrogens with zero attached hydrogens (tertiary/aromatic N) is 2. The van der Waals surface area contributed by atoms with Crippen LogP contribution in [-0.4, -0.2) is 74.5 Å². The Morgan fingerprint density at radius 1 is 1.17 bits per heavy atom. The van der Waals surface area contributed by atoms with Gasteiger partial charge in [0.25, 0.3) is 0 Å². The van der Waals surface area contributed by atoms with Crippen molar-refractivity contribution in [1.82, 2.24) is 9.80 Å². The molecule has 0 bridgehead atoms. The van der Waals surface area contributed by atoms with Crippen LogP contribution in [-0.2, 0) is 4.74 Å². The quantitative estimate of drug-likeness (QED) is 0.790. The first-order chi connectivity index (χ1) is 8.30. The van der Waals surface area contributed by atoms with Crippen molar-refractivity contribution in [2.75, 3.05) is 53.0 Å². The van der Waals surface area contributed by atoms with Crippen LogP contribution in [0.4, 0.5) is 13.2 Å². The molecule has 0 spiro atoms. The van der Waals surface area contributed by atoms with Crippen LogP contribution in [0.2, 0.25) is 0 Å². The van der Waals surface area contributed by atoms with Crippen LogP contribution >= 0.6 is 0 Å². The van der Waals surface area contributed by atoms with E-state index in [-0.39, 0.29) is 5.54 Å². The Morgan fingerprint density at radius 3 is 2.11 bits per heavy atom. The molecular formula is C11H22F3N3O. The number of hydrogen-bond donors (Lipinski definition) is 1. The Labute approximate surface area is 106 Å². The second-order valence-electron chi connectivity index (χ2n) is 5.01. The van der Waals surface area contributed by atoms with Gasteiger partial charge in [0.15, 0.2) is 0 Å². The van der Waals surface area contributed by atoms with Gasteiger partial charge in [0.2, 0.25) is 0 Å². The fourth-order valence-electron chi connectivity index (χ4n) is 2.29. The largest absolute Gasteiger partial charge is 0.401 e. The van der Waals surface area contributed by atoms with Crippen molar-refractivity contribution < 1.29 is 17.9 Å². The summed E-state index contributed by atoms with van der Waals surface area (Å²) in [6.07, 6.45) is -4.12. The topological polar surface area (TPSA) is 41.7 Å². The van der Waals surface area contributed by atoms with Crippen molar-refractivity contribution in [1.29, 1.82) is 0 Å². The summed E-state index contributed by atoms with van der Waals surface area (Å²) in [6.45, 7) is 4.08. The molecule has 18 heavy (non-hydrogen) atoms. The van der Waals surface area contributed by atoms with Gasteiger partial charge in [-0.1, -0.05) is 0 Å². The van der Waals surface area contributed by atoms with Gasteiger partial charge < -0.3 is 10.5 Å². The molecule has 1 saturated heterocycles. The Morgan fingerprint density at radius 2 is 1.72 bits per heavy atom. The summed E-state index contributed by atoms with van der Waals surface area (Å²) in [4.78, 5) is 3.55. The number of rotatable bonds is 5. The van der Waals surface area contributed by atoms with E-state index in [0.717, 1.165) is 0 Å². The summed E-state index contributed by atoms with van der Waals surface area (Å²) in [7, 11) is 1.60. The van der Waals surface area contributed by atoms with Gasteiger partial charge in [0.1, 0.15) is 0 Å². The van der Waals surface area contributed by atoms with E-state index in [9.17, 15) is 13.2 Å². The summed E-state index contributed by atoms with van der Waals surface area (Å²) in [5.74, 6) is 0. The Bertz CT molecular complexity index is 254. The van der Waals surface area contributed by atoms with Crippen LogP contribution in [0.3, 0.4) is 0 Å². The van der Waals surface area contributed by atoms with Crippen LogP contribution in [0.1, 0.15) is 6.92 Å². The van der Waals surface area contributed by atoms with Gasteiger partial charge in [0, 0.05) is 39.8 Å². The van der Waals surface area contributed by atoms with Crippen molar-refractivity contribution in [2.24, 2.45) is 5.73 Å². The minimum absolute atomic E-state index is 0.293. The molecule has 0 aliphatic carbocycles. The molecule has 108 valence electrons. The SMILES string of the molecule is COCC(C)(CN)N1CCN(CC(F)(F)F)CC1. The van der Waals surface area contributed by atoms with Crippen molar-refractivity contribution in [2.45, 2.75) is 18.6 Å². The molecule has 7 heteroatoms. The zero-order valence-corrected chi connectivity index (χ0v) is 11.0. The first-order valence-corrected chi connectivity index (χ1v) is 6.04. The van der Waals surface area contributed by atoms with Crippen LogP contribution in [0.15, 0.2) is 0 Å². The van der Waals surface area contributed by atoms with E-state index < -0.39 is 12.7 Å². The molecule has 4 nitrogen and oxygen atoms in total. The highest BCUT2D eigenvalue weighted by molar-refractivity contribution is 4.90. The lowest BCUT2D eigenvalue weighted by Gasteiger charge is -2.45. The van der Waals surface area contributed by atoms with Crippen molar-refractivity contribution in [3.05, 3.63) is 0 Å². The number of ether oxygens (including phenoxy) is 1. The average molecular weight is 269 g/mol. The maximum absolute atomic E-state index is 12.3. The Kier molecular flexibility index (Phi) is 5.39. The van der Waals surface area contributed by atoms with Gasteiger partial charge in [-0.3, -0.25) is 9.80 Å². The molecular weight excluding hydrogens is 247 g/mol. The maximum Gasteiger partial charge on any atom is 0.401 e. The van der Waals surface area contributed by atoms with Crippen LogP contribution < -0.4 is 5.73 Å². The molecule has 1 aliphatic heterocycles. The lowest BCUT2D eigenvalue weighted by atomic mass is 10.00. The predicted molar refractivity (Wildman–Crippen MR) is 63.4 cm³/mol. The summed E-state index contributed by atoms with van der Waals surface area (Å²) in [5, 5.41) is 0. The minimum Gasteiger partial charge on any atom is -0.383 e. The van der Waals surface area contributed by atoms with E-state index in [0.29, 0.717) is 39.3 Å². The van der Waals surface area contributed by atoms with E-state index in [4.69, 9.17) is 10.5 Å². The van der Waals surface area contributed by atoms with Gasteiger partial charge in [-0.15, -0.1) is 0 Å². The van der Waals surface area contributed by atoms with Crippen molar-refractivity contribution in [3.63, 3.8) is 0 Å². The molecule has 1 unspecified atom stereocenters. The summed E-state index contributed by atoms with van der Waals surface area (Å²) < 4.78 is 41.9. The Balaban J connectivity index is 2.47. The fourth-order valence-corrected chi connectivity index (χ4v) is 2.29. The van der Waals surface area contributed by atoms with E-state index in [1.165, 1.54) is 4.90 Å². The van der Waals surface area contributed by atoms with Crippen molar-refractivity contribution in [3.8, 4) is 0 Å². The summed E-state index contributed by atoms with van der Waals surface area (Å²) >= 11 is 0. The molecule has 1 rings (SSSR count). The molecule has 0 radical (unpaired) electrons. The molecule has 1 aliphatic rings. The predicted octanol–water partition coefficient (Wildman–Crippen LogP) is 0.530. The number of methoxy groups -OCH3 is 1. The molecule has 2 N–H and O–H groups in total. The summed E-state index contributed by atoms with van der Waals surface area (Å²) in [5.41, 5.74) is 5.45. The first-order valence-electron chi connectivity index (χ1n) is 6.04. The van der Waals surface area contributed by atoms with Gasteiger partial charge in [0.05, 0.1) is 18.7 Å². The molecule has 0 saturated carbocycles. The van der Waals surface area contributed by atoms with Gasteiger partial charge in [-0.2, -0.15) is 13.2 Å². The fraction of sp³-hybridized carbons (Fsp3) is 1.00. The van der Waals surface area contributed by atoms with Gasteiger partial charge in [-0.25, -0.2) is 0 Å². The smallest absolute Gasteiger partial charge is 0.383 e. The third-order valence-electron chi connectivity index (χ3n) is 3.43. The lowest BCUT2D eigenvalue weighted by Crippen LogP contribution is -2.61. The standard InChI is InChI=1S/C11H22F3N3O/c1-10(7-15,9-18-2)17-5-3-16(4-6-17)8-11(12,13)14/h3-9,15H2,1-2H3. The maximum atomic E-state index is 12.3. The van der Waals surface area contributed by atoms with E-state index in [1.807, 2.05) is 6.92 Å². The highest BCUT2D eigenvalue weighted by Crippen LogP contribution is 2.20. The van der Waals surface area contributed by atoms with Gasteiger partial charge in [-0.05, 0) is 6.92 Å². The van der Waals surface area contributed by atoms with E-state index >= 15 is 0 Å². The number of hydrogen-bond acceptors (Lipinski definition) is 4. The summed E-state index contributed by atoms with van der Waals surface area (Å²) in [6, 6.07) is 0. The molecule has 1 atom stereocenters. The molecule has 1 fully saturated rings.